The summed E-state index contributed by atoms with van der Waals surface area (Å²) >= 11 is 0. The average molecular weight is 560 g/mol. The summed E-state index contributed by atoms with van der Waals surface area (Å²) in [7, 11) is 0. The van der Waals surface area contributed by atoms with Gasteiger partial charge in [0.1, 0.15) is 24.2 Å². The molecule has 12 nitrogen and oxygen atoms in total. The molecule has 1 aromatic heterocycles. The molecular weight excluding hydrogens is 526 g/mol. The number of amides is 4. The first kappa shape index (κ1) is 27.8. The fraction of sp³-hybridized carbons (Fsp3) is 0.379. The Labute approximate surface area is 237 Å². The predicted octanol–water partition coefficient (Wildman–Crippen LogP) is 1.44. The van der Waals surface area contributed by atoms with Gasteiger partial charge in [-0.1, -0.05) is 36.4 Å². The fourth-order valence-corrected chi connectivity index (χ4v) is 4.91. The van der Waals surface area contributed by atoms with Gasteiger partial charge in [0.15, 0.2) is 5.82 Å². The van der Waals surface area contributed by atoms with Gasteiger partial charge >= 0.3 is 0 Å². The van der Waals surface area contributed by atoms with E-state index in [1.807, 2.05) is 37.3 Å². The molecule has 2 aliphatic heterocycles. The molecule has 3 aromatic rings. The van der Waals surface area contributed by atoms with Crippen LogP contribution in [0.25, 0.3) is 11.4 Å². The zero-order valence-corrected chi connectivity index (χ0v) is 22.8. The van der Waals surface area contributed by atoms with Crippen LogP contribution in [0, 0.1) is 0 Å². The van der Waals surface area contributed by atoms with Crippen LogP contribution in [0.2, 0.25) is 0 Å². The Morgan fingerprint density at radius 3 is 2.56 bits per heavy atom. The third kappa shape index (κ3) is 6.89. The summed E-state index contributed by atoms with van der Waals surface area (Å²) in [6.07, 6.45) is 1.07. The highest BCUT2D eigenvalue weighted by Gasteiger charge is 2.32. The molecule has 2 bridgehead atoms. The minimum atomic E-state index is -0.667. The van der Waals surface area contributed by atoms with E-state index in [1.54, 1.807) is 28.9 Å². The number of rotatable bonds is 2. The van der Waals surface area contributed by atoms with Gasteiger partial charge in [0.2, 0.25) is 17.7 Å². The van der Waals surface area contributed by atoms with Crippen molar-refractivity contribution >= 4 is 23.6 Å². The number of aromatic nitrogens is 3. The summed E-state index contributed by atoms with van der Waals surface area (Å²) in [6, 6.07) is 15.3. The maximum absolute atomic E-state index is 13.2. The summed E-state index contributed by atoms with van der Waals surface area (Å²) in [5.41, 5.74) is 1.28. The molecule has 1 fully saturated rings. The van der Waals surface area contributed by atoms with E-state index in [4.69, 9.17) is 9.72 Å². The standard InChI is InChI=1S/C29H33N7O5/c1-19-27-33-26(20-7-3-2-4-8-20)34-36(27)15-16-41-22-10-5-9-21(17-22)28(39)30-13-6-14-35(18-25(38)31-19)29(40)23-11-12-24(37)32-23/h2-5,7-10,17,19,23H,6,11-16,18H2,1H3,(H,30,39)(H,31,38)(H,32,37)/t19-,23+/m0/s1. The van der Waals surface area contributed by atoms with Gasteiger partial charge in [0.25, 0.3) is 5.91 Å². The van der Waals surface area contributed by atoms with Crippen LogP contribution in [0.3, 0.4) is 0 Å². The summed E-state index contributed by atoms with van der Waals surface area (Å²) in [4.78, 5) is 57.1. The van der Waals surface area contributed by atoms with Crippen LogP contribution in [0.4, 0.5) is 0 Å². The maximum atomic E-state index is 13.2. The first-order chi connectivity index (χ1) is 19.9. The van der Waals surface area contributed by atoms with Crippen molar-refractivity contribution in [3.8, 4) is 17.1 Å². The van der Waals surface area contributed by atoms with Crippen molar-refractivity contribution in [2.75, 3.05) is 26.2 Å². The van der Waals surface area contributed by atoms with E-state index in [2.05, 4.69) is 21.0 Å². The van der Waals surface area contributed by atoms with Crippen LogP contribution in [-0.4, -0.2) is 75.6 Å². The number of benzene rings is 2. The third-order valence-corrected chi connectivity index (χ3v) is 7.00. The van der Waals surface area contributed by atoms with Gasteiger partial charge in [-0.05, 0) is 38.0 Å². The Kier molecular flexibility index (Phi) is 8.56. The minimum Gasteiger partial charge on any atom is -0.492 e. The molecule has 0 spiro atoms. The van der Waals surface area contributed by atoms with Crippen molar-refractivity contribution in [2.45, 2.75) is 44.8 Å². The van der Waals surface area contributed by atoms with Crippen LogP contribution in [0.1, 0.15) is 48.4 Å². The first-order valence-corrected chi connectivity index (χ1v) is 13.8. The molecule has 0 unspecified atom stereocenters. The van der Waals surface area contributed by atoms with E-state index in [-0.39, 0.29) is 49.7 Å². The van der Waals surface area contributed by atoms with E-state index in [1.165, 1.54) is 4.90 Å². The molecule has 1 saturated heterocycles. The van der Waals surface area contributed by atoms with E-state index in [0.29, 0.717) is 48.9 Å². The SMILES string of the molecule is C[C@@H]1NC(=O)CN(C(=O)[C@H]2CCC(=O)N2)CCCNC(=O)c2cccc(c2)OCCn2nc(-c3ccccc3)nc21. The zero-order valence-electron chi connectivity index (χ0n) is 22.8. The van der Waals surface area contributed by atoms with Crippen molar-refractivity contribution in [1.82, 2.24) is 35.6 Å². The molecule has 2 aromatic carbocycles. The number of nitrogens with zero attached hydrogens (tertiary/aromatic N) is 4. The van der Waals surface area contributed by atoms with E-state index in [0.717, 1.165) is 5.56 Å². The van der Waals surface area contributed by atoms with Crippen LogP contribution >= 0.6 is 0 Å². The quantitative estimate of drug-likeness (QED) is 0.430. The number of ether oxygens (including phenoxy) is 1. The first-order valence-electron chi connectivity index (χ1n) is 13.8. The van der Waals surface area contributed by atoms with Gasteiger partial charge in [0.05, 0.1) is 19.1 Å². The van der Waals surface area contributed by atoms with Crippen molar-refractivity contribution in [3.63, 3.8) is 0 Å². The molecule has 2 atom stereocenters. The van der Waals surface area contributed by atoms with Crippen molar-refractivity contribution in [3.05, 3.63) is 66.0 Å². The Bertz CT molecular complexity index is 1420. The van der Waals surface area contributed by atoms with E-state index >= 15 is 0 Å². The number of fused-ring (bicyclic) bond motifs is 3. The molecule has 2 aliphatic rings. The fourth-order valence-electron chi connectivity index (χ4n) is 4.91. The highest BCUT2D eigenvalue weighted by molar-refractivity contribution is 5.94. The Balaban J connectivity index is 1.41. The van der Waals surface area contributed by atoms with Crippen LogP contribution in [0.15, 0.2) is 54.6 Å². The van der Waals surface area contributed by atoms with Gasteiger partial charge in [-0.15, -0.1) is 0 Å². The lowest BCUT2D eigenvalue weighted by molar-refractivity contribution is -0.138. The van der Waals surface area contributed by atoms with Crippen LogP contribution in [-0.2, 0) is 20.9 Å². The molecule has 41 heavy (non-hydrogen) atoms. The zero-order chi connectivity index (χ0) is 28.8. The van der Waals surface area contributed by atoms with Crippen LogP contribution in [0.5, 0.6) is 5.75 Å². The lowest BCUT2D eigenvalue weighted by Crippen LogP contribution is -2.49. The van der Waals surface area contributed by atoms with Gasteiger partial charge in [0, 0.05) is 30.6 Å². The van der Waals surface area contributed by atoms with Gasteiger partial charge in [-0.25, -0.2) is 9.67 Å². The molecule has 4 amide bonds. The number of nitrogens with one attached hydrogen (secondary N) is 3. The van der Waals surface area contributed by atoms with Crippen LogP contribution < -0.4 is 20.7 Å². The second-order valence-electron chi connectivity index (χ2n) is 10.1. The molecule has 0 saturated carbocycles. The normalized spacial score (nSPS) is 20.5. The van der Waals surface area contributed by atoms with Crippen molar-refractivity contribution in [2.24, 2.45) is 0 Å². The predicted molar refractivity (Wildman–Crippen MR) is 149 cm³/mol. The number of carbonyl (C=O) groups is 4. The largest absolute Gasteiger partial charge is 0.492 e. The third-order valence-electron chi connectivity index (χ3n) is 7.00. The maximum Gasteiger partial charge on any atom is 0.251 e. The Morgan fingerprint density at radius 2 is 1.78 bits per heavy atom. The summed E-state index contributed by atoms with van der Waals surface area (Å²) in [5, 5.41) is 13.2. The number of hydrogen-bond donors (Lipinski definition) is 3. The highest BCUT2D eigenvalue weighted by Crippen LogP contribution is 2.20. The van der Waals surface area contributed by atoms with Crippen molar-refractivity contribution in [1.29, 1.82) is 0 Å². The van der Waals surface area contributed by atoms with Gasteiger partial charge in [-0.2, -0.15) is 5.10 Å². The summed E-state index contributed by atoms with van der Waals surface area (Å²) in [5.74, 6) is 0.447. The lowest BCUT2D eigenvalue weighted by atomic mass is 10.2. The topological polar surface area (TPSA) is 148 Å². The molecule has 214 valence electrons. The second-order valence-corrected chi connectivity index (χ2v) is 10.1. The number of carbonyl (C=O) groups excluding carboxylic acids is 4. The molecular formula is C29H33N7O5. The average Bonchev–Trinajstić information content (AvgIpc) is 3.61. The molecule has 0 radical (unpaired) electrons. The Morgan fingerprint density at radius 1 is 0.976 bits per heavy atom. The minimum absolute atomic E-state index is 0.185. The molecule has 12 heteroatoms. The number of hydrogen-bond acceptors (Lipinski definition) is 7. The molecule has 0 aliphatic carbocycles. The van der Waals surface area contributed by atoms with E-state index in [9.17, 15) is 19.2 Å². The molecule has 5 rings (SSSR count). The summed E-state index contributed by atoms with van der Waals surface area (Å²) < 4.78 is 7.63. The molecule has 3 N–H and O–H groups in total. The van der Waals surface area contributed by atoms with Crippen molar-refractivity contribution < 1.29 is 23.9 Å². The highest BCUT2D eigenvalue weighted by atomic mass is 16.5. The van der Waals surface area contributed by atoms with Gasteiger partial charge in [-0.3, -0.25) is 19.2 Å². The van der Waals surface area contributed by atoms with E-state index < -0.39 is 12.1 Å². The second kappa shape index (κ2) is 12.6. The monoisotopic (exact) mass is 559 g/mol. The Hall–Kier alpha value is -4.74. The lowest BCUT2D eigenvalue weighted by Gasteiger charge is -2.26. The molecule has 3 heterocycles. The van der Waals surface area contributed by atoms with Gasteiger partial charge < -0.3 is 25.6 Å². The summed E-state index contributed by atoms with van der Waals surface area (Å²) in [6.45, 7) is 2.74. The smallest absolute Gasteiger partial charge is 0.251 e.